The first-order valence-corrected chi connectivity index (χ1v) is 5.76. The first-order valence-electron chi connectivity index (χ1n) is 5.76. The van der Waals surface area contributed by atoms with Gasteiger partial charge in [0.25, 0.3) is 0 Å². The van der Waals surface area contributed by atoms with Gasteiger partial charge in [-0.2, -0.15) is 0 Å². The van der Waals surface area contributed by atoms with E-state index in [0.717, 1.165) is 19.5 Å². The van der Waals surface area contributed by atoms with Crippen LogP contribution >= 0.6 is 24.0 Å². The summed E-state index contributed by atoms with van der Waals surface area (Å²) in [7, 11) is 2.02. The summed E-state index contributed by atoms with van der Waals surface area (Å²) >= 11 is 0. The normalized spacial score (nSPS) is 15.5. The monoisotopic (exact) mass is 349 g/mol. The summed E-state index contributed by atoms with van der Waals surface area (Å²) in [5.41, 5.74) is 5.87. The van der Waals surface area contributed by atoms with Crippen LogP contribution in [0.2, 0.25) is 0 Å². The average Bonchev–Trinajstić information content (AvgIpc) is 3.01. The van der Waals surface area contributed by atoms with Crippen molar-refractivity contribution in [2.45, 2.75) is 31.8 Å². The molecule has 1 aliphatic rings. The van der Waals surface area contributed by atoms with Gasteiger partial charge in [0.1, 0.15) is 0 Å². The largest absolute Gasteiger partial charge is 0.370 e. The van der Waals surface area contributed by atoms with Crippen LogP contribution in [-0.4, -0.2) is 40.0 Å². The molecule has 0 amide bonds. The molecule has 1 heterocycles. The van der Waals surface area contributed by atoms with E-state index < -0.39 is 0 Å². The van der Waals surface area contributed by atoms with Crippen LogP contribution in [0.4, 0.5) is 0 Å². The lowest BCUT2D eigenvalue weighted by Crippen LogP contribution is -2.35. The summed E-state index contributed by atoms with van der Waals surface area (Å²) in [6.45, 7) is 1.73. The summed E-state index contributed by atoms with van der Waals surface area (Å²) in [5, 5.41) is 0. The van der Waals surface area contributed by atoms with Crippen LogP contribution in [-0.2, 0) is 6.54 Å². The zero-order valence-corrected chi connectivity index (χ0v) is 12.4. The number of rotatable bonds is 5. The second-order valence-corrected chi connectivity index (χ2v) is 4.24. The fourth-order valence-electron chi connectivity index (χ4n) is 1.63. The van der Waals surface area contributed by atoms with E-state index in [0.29, 0.717) is 12.0 Å². The molecule has 96 valence electrons. The number of hydrogen-bond donors (Lipinski definition) is 1. The Morgan fingerprint density at radius 1 is 1.59 bits per heavy atom. The number of halogens is 1. The zero-order valence-electron chi connectivity index (χ0n) is 10.1. The van der Waals surface area contributed by atoms with Gasteiger partial charge >= 0.3 is 0 Å². The molecule has 0 radical (unpaired) electrons. The summed E-state index contributed by atoms with van der Waals surface area (Å²) in [5.74, 6) is 0.674. The zero-order chi connectivity index (χ0) is 11.4. The van der Waals surface area contributed by atoms with Crippen LogP contribution in [0.25, 0.3) is 0 Å². The highest BCUT2D eigenvalue weighted by atomic mass is 127. The van der Waals surface area contributed by atoms with Crippen molar-refractivity contribution in [1.82, 2.24) is 14.5 Å². The minimum Gasteiger partial charge on any atom is -0.370 e. The Balaban J connectivity index is 0.00000144. The molecule has 1 saturated carbocycles. The number of nitrogens with zero attached hydrogens (tertiary/aromatic N) is 4. The lowest BCUT2D eigenvalue weighted by molar-refractivity contribution is 0.486. The second kappa shape index (κ2) is 6.83. The molecule has 2 N–H and O–H groups in total. The minimum absolute atomic E-state index is 0. The first kappa shape index (κ1) is 14.3. The van der Waals surface area contributed by atoms with Gasteiger partial charge in [-0.25, -0.2) is 4.98 Å². The molecular weight excluding hydrogens is 329 g/mol. The molecule has 1 aromatic rings. The molecule has 0 aromatic carbocycles. The molecule has 17 heavy (non-hydrogen) atoms. The van der Waals surface area contributed by atoms with Crippen molar-refractivity contribution in [3.63, 3.8) is 0 Å². The van der Waals surface area contributed by atoms with Crippen LogP contribution in [0.5, 0.6) is 0 Å². The Morgan fingerprint density at radius 2 is 2.35 bits per heavy atom. The third kappa shape index (κ3) is 4.53. The molecule has 1 aromatic heterocycles. The maximum absolute atomic E-state index is 5.87. The minimum atomic E-state index is 0. The number of aliphatic imine (C=N–C) groups is 1. The molecule has 0 saturated heterocycles. The predicted octanol–water partition coefficient (Wildman–Crippen LogP) is 1.30. The van der Waals surface area contributed by atoms with Crippen molar-refractivity contribution in [2.75, 3.05) is 13.6 Å². The average molecular weight is 349 g/mol. The summed E-state index contributed by atoms with van der Waals surface area (Å²) < 4.78 is 2.05. The third-order valence-corrected chi connectivity index (χ3v) is 2.86. The smallest absolute Gasteiger partial charge is 0.191 e. The summed E-state index contributed by atoms with van der Waals surface area (Å²) in [6.07, 6.45) is 9.07. The molecule has 0 unspecified atom stereocenters. The van der Waals surface area contributed by atoms with Gasteiger partial charge in [0, 0.05) is 38.6 Å². The first-order chi connectivity index (χ1) is 7.77. The number of aryl methyl sites for hydroxylation is 1. The van der Waals surface area contributed by atoms with E-state index in [1.807, 2.05) is 19.6 Å². The van der Waals surface area contributed by atoms with Gasteiger partial charge in [0.2, 0.25) is 0 Å². The van der Waals surface area contributed by atoms with E-state index in [1.54, 1.807) is 6.20 Å². The third-order valence-electron chi connectivity index (χ3n) is 2.86. The van der Waals surface area contributed by atoms with E-state index in [4.69, 9.17) is 5.73 Å². The molecule has 0 aliphatic heterocycles. The van der Waals surface area contributed by atoms with Crippen LogP contribution in [0.3, 0.4) is 0 Å². The highest BCUT2D eigenvalue weighted by Crippen LogP contribution is 2.24. The fourth-order valence-corrected chi connectivity index (χ4v) is 1.63. The second-order valence-electron chi connectivity index (χ2n) is 4.24. The van der Waals surface area contributed by atoms with Gasteiger partial charge in [0.15, 0.2) is 5.96 Å². The molecule has 0 atom stereocenters. The number of guanidine groups is 1. The maximum Gasteiger partial charge on any atom is 0.191 e. The lowest BCUT2D eigenvalue weighted by atomic mass is 10.4. The Hall–Kier alpha value is -0.790. The van der Waals surface area contributed by atoms with E-state index in [1.165, 1.54) is 12.8 Å². The van der Waals surface area contributed by atoms with Gasteiger partial charge in [-0.1, -0.05) is 0 Å². The quantitative estimate of drug-likeness (QED) is 0.377. The van der Waals surface area contributed by atoms with Crippen molar-refractivity contribution in [2.24, 2.45) is 10.7 Å². The molecule has 2 rings (SSSR count). The topological polar surface area (TPSA) is 59.4 Å². The number of aromatic nitrogens is 2. The van der Waals surface area contributed by atoms with Crippen molar-refractivity contribution >= 4 is 29.9 Å². The fraction of sp³-hybridized carbons (Fsp3) is 0.636. The highest BCUT2D eigenvalue weighted by Gasteiger charge is 2.27. The highest BCUT2D eigenvalue weighted by molar-refractivity contribution is 14.0. The Labute approximate surface area is 119 Å². The summed E-state index contributed by atoms with van der Waals surface area (Å²) in [4.78, 5) is 10.4. The van der Waals surface area contributed by atoms with Crippen molar-refractivity contribution in [1.29, 1.82) is 0 Å². The Bertz CT molecular complexity index is 345. The van der Waals surface area contributed by atoms with Gasteiger partial charge in [-0.3, -0.25) is 4.99 Å². The number of hydrogen-bond acceptors (Lipinski definition) is 2. The summed E-state index contributed by atoms with van der Waals surface area (Å²) in [6, 6.07) is 0.636. The molecule has 1 aliphatic carbocycles. The molecule has 1 fully saturated rings. The molecular formula is C11H20IN5. The number of nitrogens with two attached hydrogens (primary N) is 1. The molecule has 0 spiro atoms. The van der Waals surface area contributed by atoms with Crippen LogP contribution in [0, 0.1) is 0 Å². The maximum atomic E-state index is 5.87. The van der Waals surface area contributed by atoms with E-state index >= 15 is 0 Å². The Kier molecular flexibility index (Phi) is 5.73. The molecule has 6 heteroatoms. The van der Waals surface area contributed by atoms with Crippen LogP contribution in [0.1, 0.15) is 19.3 Å². The van der Waals surface area contributed by atoms with E-state index in [9.17, 15) is 0 Å². The molecule has 0 bridgehead atoms. The van der Waals surface area contributed by atoms with Crippen LogP contribution < -0.4 is 5.73 Å². The number of imidazole rings is 1. The van der Waals surface area contributed by atoms with Crippen molar-refractivity contribution in [3.05, 3.63) is 18.7 Å². The lowest BCUT2D eigenvalue weighted by Gasteiger charge is -2.16. The standard InChI is InChI=1S/C11H19N5.HI/c1-15(10-3-4-10)11(12)14-5-2-7-16-8-6-13-9-16;/h6,8-10H,2-5,7H2,1H3,(H2,12,14);1H. The van der Waals surface area contributed by atoms with E-state index in [2.05, 4.69) is 19.4 Å². The Morgan fingerprint density at radius 3 is 2.94 bits per heavy atom. The SMILES string of the molecule is CN(C(N)=NCCCn1ccnc1)C1CC1.I. The van der Waals surface area contributed by atoms with Gasteiger partial charge in [0.05, 0.1) is 6.33 Å². The van der Waals surface area contributed by atoms with Gasteiger partial charge in [-0.05, 0) is 19.3 Å². The van der Waals surface area contributed by atoms with Crippen molar-refractivity contribution in [3.8, 4) is 0 Å². The van der Waals surface area contributed by atoms with E-state index in [-0.39, 0.29) is 24.0 Å². The molecule has 5 nitrogen and oxygen atoms in total. The van der Waals surface area contributed by atoms with Crippen molar-refractivity contribution < 1.29 is 0 Å². The predicted molar refractivity (Wildman–Crippen MR) is 79.5 cm³/mol. The van der Waals surface area contributed by atoms with Gasteiger partial charge in [-0.15, -0.1) is 24.0 Å². The van der Waals surface area contributed by atoms with Crippen LogP contribution in [0.15, 0.2) is 23.7 Å². The van der Waals surface area contributed by atoms with Gasteiger partial charge < -0.3 is 15.2 Å².